The van der Waals surface area contributed by atoms with E-state index in [0.29, 0.717) is 25.9 Å². The fourth-order valence-corrected chi connectivity index (χ4v) is 3.80. The van der Waals surface area contributed by atoms with Crippen LogP contribution in [-0.4, -0.2) is 45.5 Å². The number of anilines is 1. The number of halogens is 2. The number of aromatic nitrogens is 2. The van der Waals surface area contributed by atoms with E-state index in [1.807, 2.05) is 32.7 Å². The van der Waals surface area contributed by atoms with Gasteiger partial charge in [-0.25, -0.2) is 8.78 Å². The molecule has 2 heterocycles. The van der Waals surface area contributed by atoms with Gasteiger partial charge in [0, 0.05) is 13.0 Å². The normalized spacial score (nSPS) is 16.6. The Bertz CT molecular complexity index is 933. The van der Waals surface area contributed by atoms with E-state index in [-0.39, 0.29) is 29.2 Å². The van der Waals surface area contributed by atoms with E-state index in [4.69, 9.17) is 0 Å². The lowest BCUT2D eigenvalue weighted by Crippen LogP contribution is -2.47. The number of carbonyl (C=O) groups excluding carboxylic acids is 2. The Morgan fingerprint density at radius 3 is 2.45 bits per heavy atom. The van der Waals surface area contributed by atoms with Crippen molar-refractivity contribution in [3.8, 4) is 0 Å². The fraction of sp³-hybridized carbons (Fsp3) is 0.476. The summed E-state index contributed by atoms with van der Waals surface area (Å²) in [5.74, 6) is -2.21. The number of aryl methyl sites for hydroxylation is 2. The molecule has 3 rings (SSSR count). The van der Waals surface area contributed by atoms with Gasteiger partial charge in [-0.15, -0.1) is 0 Å². The van der Waals surface area contributed by atoms with Crippen molar-refractivity contribution < 1.29 is 18.4 Å². The Morgan fingerprint density at radius 2 is 1.86 bits per heavy atom. The highest BCUT2D eigenvalue weighted by atomic mass is 19.1. The number of rotatable bonds is 5. The van der Waals surface area contributed by atoms with E-state index in [2.05, 4.69) is 10.4 Å². The maximum absolute atomic E-state index is 13.9. The number of piperidine rings is 1. The second kappa shape index (κ2) is 8.41. The van der Waals surface area contributed by atoms with Gasteiger partial charge in [-0.1, -0.05) is 0 Å². The van der Waals surface area contributed by atoms with E-state index in [9.17, 15) is 18.4 Å². The van der Waals surface area contributed by atoms with Gasteiger partial charge in [-0.3, -0.25) is 19.2 Å². The molecular weight excluding hydrogens is 378 g/mol. The minimum Gasteiger partial charge on any atom is -0.322 e. The van der Waals surface area contributed by atoms with Gasteiger partial charge in [0.2, 0.25) is 5.91 Å². The average molecular weight is 404 g/mol. The van der Waals surface area contributed by atoms with Gasteiger partial charge in [0.05, 0.1) is 28.7 Å². The predicted molar refractivity (Wildman–Crippen MR) is 106 cm³/mol. The lowest BCUT2D eigenvalue weighted by atomic mass is 9.88. The quantitative estimate of drug-likeness (QED) is 0.777. The molecule has 0 aliphatic carbocycles. The summed E-state index contributed by atoms with van der Waals surface area (Å²) in [4.78, 5) is 27.3. The molecule has 6 nitrogen and oxygen atoms in total. The molecule has 1 aliphatic rings. The monoisotopic (exact) mass is 404 g/mol. The van der Waals surface area contributed by atoms with Gasteiger partial charge < -0.3 is 5.32 Å². The van der Waals surface area contributed by atoms with Gasteiger partial charge in [0.25, 0.3) is 0 Å². The van der Waals surface area contributed by atoms with Crippen LogP contribution in [-0.2, 0) is 11.8 Å². The van der Waals surface area contributed by atoms with Crippen LogP contribution in [0.3, 0.4) is 0 Å². The van der Waals surface area contributed by atoms with Gasteiger partial charge in [-0.05, 0) is 64.9 Å². The van der Waals surface area contributed by atoms with Crippen LogP contribution in [0.25, 0.3) is 0 Å². The van der Waals surface area contributed by atoms with Crippen LogP contribution >= 0.6 is 0 Å². The zero-order valence-electron chi connectivity index (χ0n) is 17.1. The first-order chi connectivity index (χ1) is 13.7. The summed E-state index contributed by atoms with van der Waals surface area (Å²) in [6.45, 7) is 6.63. The molecule has 8 heteroatoms. The second-order valence-corrected chi connectivity index (χ2v) is 7.63. The number of amides is 1. The SMILES string of the molecule is Cc1nn(C)c(C)c1NC(=O)[C@@H](C)N1CCC(C(=O)c2cc(F)ccc2F)CC1. The first-order valence-electron chi connectivity index (χ1n) is 9.73. The third-order valence-corrected chi connectivity index (χ3v) is 5.78. The summed E-state index contributed by atoms with van der Waals surface area (Å²) in [7, 11) is 1.82. The zero-order chi connectivity index (χ0) is 21.3. The zero-order valence-corrected chi connectivity index (χ0v) is 17.1. The Hall–Kier alpha value is -2.61. The van der Waals surface area contributed by atoms with Crippen molar-refractivity contribution in [2.45, 2.75) is 39.7 Å². The number of hydrogen-bond donors (Lipinski definition) is 1. The summed E-state index contributed by atoms with van der Waals surface area (Å²) in [5.41, 5.74) is 2.16. The van der Waals surface area contributed by atoms with Crippen LogP contribution in [0, 0.1) is 31.4 Å². The molecule has 156 valence electrons. The van der Waals surface area contributed by atoms with Crippen LogP contribution in [0.2, 0.25) is 0 Å². The molecule has 0 bridgehead atoms. The Kier molecular flexibility index (Phi) is 6.12. The van der Waals surface area contributed by atoms with E-state index < -0.39 is 11.6 Å². The molecule has 1 fully saturated rings. The number of benzene rings is 1. The highest BCUT2D eigenvalue weighted by Crippen LogP contribution is 2.25. The molecule has 2 aromatic rings. The number of hydrogen-bond acceptors (Lipinski definition) is 4. The van der Waals surface area contributed by atoms with Gasteiger partial charge in [0.1, 0.15) is 11.6 Å². The van der Waals surface area contributed by atoms with Gasteiger partial charge in [-0.2, -0.15) is 5.10 Å². The van der Waals surface area contributed by atoms with Gasteiger partial charge in [0.15, 0.2) is 5.78 Å². The summed E-state index contributed by atoms with van der Waals surface area (Å²) in [6, 6.07) is 2.56. The number of likely N-dealkylation sites (tertiary alicyclic amines) is 1. The number of ketones is 1. The molecule has 0 radical (unpaired) electrons. The van der Waals surface area contributed by atoms with Crippen molar-refractivity contribution in [2.75, 3.05) is 18.4 Å². The van der Waals surface area contributed by atoms with Gasteiger partial charge >= 0.3 is 0 Å². The molecule has 1 N–H and O–H groups in total. The standard InChI is InChI=1S/C21H26F2N4O2/c1-12-19(13(2)26(4)25-12)24-21(29)14(3)27-9-7-15(8-10-27)20(28)17-11-16(22)5-6-18(17)23/h5-6,11,14-15H,7-10H2,1-4H3,(H,24,29)/t14-/m1/s1. The number of Topliss-reactive ketones (excluding diaryl/α,β-unsaturated/α-hetero) is 1. The average Bonchev–Trinajstić information content (AvgIpc) is 2.94. The predicted octanol–water partition coefficient (Wildman–Crippen LogP) is 3.24. The molecule has 1 saturated heterocycles. The Morgan fingerprint density at radius 1 is 1.21 bits per heavy atom. The maximum Gasteiger partial charge on any atom is 0.241 e. The van der Waals surface area contributed by atoms with Crippen molar-refractivity contribution in [3.63, 3.8) is 0 Å². The van der Waals surface area contributed by atoms with E-state index in [1.54, 1.807) is 4.68 Å². The lowest BCUT2D eigenvalue weighted by Gasteiger charge is -2.34. The number of carbonyl (C=O) groups is 2. The molecule has 1 aromatic heterocycles. The second-order valence-electron chi connectivity index (χ2n) is 7.63. The first kappa shape index (κ1) is 21.1. The smallest absolute Gasteiger partial charge is 0.241 e. The van der Waals surface area contributed by atoms with Crippen LogP contribution in [0.4, 0.5) is 14.5 Å². The minimum absolute atomic E-state index is 0.134. The third-order valence-electron chi connectivity index (χ3n) is 5.78. The fourth-order valence-electron chi connectivity index (χ4n) is 3.80. The molecule has 1 amide bonds. The highest BCUT2D eigenvalue weighted by Gasteiger charge is 2.31. The van der Waals surface area contributed by atoms with E-state index in [0.717, 1.165) is 35.3 Å². The summed E-state index contributed by atoms with van der Waals surface area (Å²) in [6.07, 6.45) is 0.995. The molecular formula is C21H26F2N4O2. The molecule has 0 saturated carbocycles. The summed E-state index contributed by atoms with van der Waals surface area (Å²) < 4.78 is 29.0. The van der Waals surface area contributed by atoms with Crippen LogP contribution in [0.15, 0.2) is 18.2 Å². The number of nitrogens with zero attached hydrogens (tertiary/aromatic N) is 3. The molecule has 1 aromatic carbocycles. The Labute approximate surface area is 168 Å². The summed E-state index contributed by atoms with van der Waals surface area (Å²) in [5, 5.41) is 7.25. The van der Waals surface area contributed by atoms with E-state index in [1.165, 1.54) is 0 Å². The molecule has 1 atom stereocenters. The molecule has 1 aliphatic heterocycles. The minimum atomic E-state index is -0.700. The lowest BCUT2D eigenvalue weighted by molar-refractivity contribution is -0.121. The first-order valence-corrected chi connectivity index (χ1v) is 9.73. The Balaban J connectivity index is 1.60. The van der Waals surface area contributed by atoms with Crippen molar-refractivity contribution in [1.82, 2.24) is 14.7 Å². The van der Waals surface area contributed by atoms with Crippen LogP contribution < -0.4 is 5.32 Å². The van der Waals surface area contributed by atoms with Crippen LogP contribution in [0.5, 0.6) is 0 Å². The largest absolute Gasteiger partial charge is 0.322 e. The van der Waals surface area contributed by atoms with Crippen LogP contribution in [0.1, 0.15) is 41.5 Å². The van der Waals surface area contributed by atoms with Crippen molar-refractivity contribution in [3.05, 3.63) is 46.8 Å². The molecule has 0 unspecified atom stereocenters. The summed E-state index contributed by atoms with van der Waals surface area (Å²) >= 11 is 0. The molecule has 29 heavy (non-hydrogen) atoms. The third kappa shape index (κ3) is 4.37. The topological polar surface area (TPSA) is 67.2 Å². The molecule has 0 spiro atoms. The maximum atomic E-state index is 13.9. The van der Waals surface area contributed by atoms with Crippen molar-refractivity contribution in [1.29, 1.82) is 0 Å². The number of nitrogens with one attached hydrogen (secondary N) is 1. The highest BCUT2D eigenvalue weighted by molar-refractivity contribution is 5.98. The van der Waals surface area contributed by atoms with Crippen molar-refractivity contribution >= 4 is 17.4 Å². The van der Waals surface area contributed by atoms with Crippen molar-refractivity contribution in [2.24, 2.45) is 13.0 Å². The van der Waals surface area contributed by atoms with E-state index >= 15 is 0 Å².